The molecule has 2 unspecified atom stereocenters. The number of aromatic amines is 1. The van der Waals surface area contributed by atoms with Crippen molar-refractivity contribution in [1.29, 1.82) is 0 Å². The van der Waals surface area contributed by atoms with Crippen molar-refractivity contribution in [1.82, 2.24) is 9.88 Å². The number of benzene rings is 2. The highest BCUT2D eigenvalue weighted by molar-refractivity contribution is 5.96. The van der Waals surface area contributed by atoms with Crippen molar-refractivity contribution in [2.45, 2.75) is 25.4 Å². The summed E-state index contributed by atoms with van der Waals surface area (Å²) in [5.41, 5.74) is 4.72. The fraction of sp³-hybridized carbons (Fsp3) is 0.250. The van der Waals surface area contributed by atoms with Crippen LogP contribution in [0.5, 0.6) is 0 Å². The first kappa shape index (κ1) is 13.7. The van der Waals surface area contributed by atoms with Crippen LogP contribution in [0.15, 0.2) is 54.6 Å². The van der Waals surface area contributed by atoms with E-state index in [0.29, 0.717) is 0 Å². The van der Waals surface area contributed by atoms with Gasteiger partial charge in [-0.05, 0) is 37.1 Å². The van der Waals surface area contributed by atoms with Crippen molar-refractivity contribution in [2.24, 2.45) is 0 Å². The molecule has 4 nitrogen and oxygen atoms in total. The summed E-state index contributed by atoms with van der Waals surface area (Å²) >= 11 is 0. The van der Waals surface area contributed by atoms with Gasteiger partial charge in [-0.15, -0.1) is 0 Å². The number of hydrogen-bond acceptors (Lipinski definition) is 1. The molecular weight excluding hydrogens is 298 g/mol. The molecule has 2 atom stereocenters. The van der Waals surface area contributed by atoms with E-state index in [-0.39, 0.29) is 18.1 Å². The van der Waals surface area contributed by atoms with Crippen LogP contribution in [-0.2, 0) is 6.42 Å². The highest BCUT2D eigenvalue weighted by Gasteiger charge is 2.45. The van der Waals surface area contributed by atoms with E-state index in [9.17, 15) is 4.79 Å². The topological polar surface area (TPSA) is 39.3 Å². The van der Waals surface area contributed by atoms with E-state index in [1.54, 1.807) is 0 Å². The van der Waals surface area contributed by atoms with E-state index in [1.807, 2.05) is 40.1 Å². The van der Waals surface area contributed by atoms with Crippen LogP contribution in [-0.4, -0.2) is 28.5 Å². The summed E-state index contributed by atoms with van der Waals surface area (Å²) in [4.78, 5) is 20.5. The number of fused-ring (bicyclic) bond motifs is 4. The molecule has 0 spiro atoms. The summed E-state index contributed by atoms with van der Waals surface area (Å²) in [5.74, 6) is 0. The minimum Gasteiger partial charge on any atom is -0.356 e. The largest absolute Gasteiger partial charge is 0.356 e. The second-order valence-electron chi connectivity index (χ2n) is 6.73. The van der Waals surface area contributed by atoms with Gasteiger partial charge in [0.15, 0.2) is 0 Å². The SMILES string of the molecule is CC1c2[nH]c3ccccc3c2CC2CN(c3ccccc3)C(=O)N21. The van der Waals surface area contributed by atoms with Gasteiger partial charge in [-0.3, -0.25) is 4.90 Å². The first-order valence-corrected chi connectivity index (χ1v) is 8.48. The van der Waals surface area contributed by atoms with Crippen molar-refractivity contribution in [3.05, 3.63) is 65.9 Å². The van der Waals surface area contributed by atoms with E-state index < -0.39 is 0 Å². The molecule has 2 aliphatic rings. The highest BCUT2D eigenvalue weighted by atomic mass is 16.2. The molecule has 0 aliphatic carbocycles. The van der Waals surface area contributed by atoms with Crippen LogP contribution in [0.1, 0.15) is 24.2 Å². The molecule has 1 aromatic heterocycles. The number of amides is 2. The molecule has 3 heterocycles. The van der Waals surface area contributed by atoms with E-state index in [1.165, 1.54) is 22.2 Å². The van der Waals surface area contributed by atoms with Crippen LogP contribution in [0.25, 0.3) is 10.9 Å². The Labute approximate surface area is 140 Å². The molecular formula is C20H19N3O. The predicted octanol–water partition coefficient (Wildman–Crippen LogP) is 4.10. The van der Waals surface area contributed by atoms with Crippen LogP contribution in [0.4, 0.5) is 10.5 Å². The van der Waals surface area contributed by atoms with Crippen molar-refractivity contribution in [2.75, 3.05) is 11.4 Å². The molecule has 1 fully saturated rings. The molecule has 1 saturated heterocycles. The van der Waals surface area contributed by atoms with Crippen molar-refractivity contribution >= 4 is 22.6 Å². The number of urea groups is 1. The molecule has 0 radical (unpaired) electrons. The normalized spacial score (nSPS) is 22.8. The van der Waals surface area contributed by atoms with Crippen molar-refractivity contribution < 1.29 is 4.79 Å². The number of anilines is 1. The number of carbonyl (C=O) groups is 1. The Hall–Kier alpha value is -2.75. The minimum absolute atomic E-state index is 0.0763. The van der Waals surface area contributed by atoms with Crippen LogP contribution < -0.4 is 4.90 Å². The van der Waals surface area contributed by atoms with Crippen LogP contribution >= 0.6 is 0 Å². The quantitative estimate of drug-likeness (QED) is 0.721. The van der Waals surface area contributed by atoms with E-state index in [2.05, 4.69) is 36.2 Å². The van der Waals surface area contributed by atoms with Gasteiger partial charge in [-0.1, -0.05) is 36.4 Å². The van der Waals surface area contributed by atoms with Crippen LogP contribution in [0, 0.1) is 0 Å². The Kier molecular flexibility index (Phi) is 2.77. The molecule has 2 amide bonds. The molecule has 3 aromatic rings. The second-order valence-corrected chi connectivity index (χ2v) is 6.73. The lowest BCUT2D eigenvalue weighted by molar-refractivity contribution is 0.173. The summed E-state index contributed by atoms with van der Waals surface area (Å²) in [5, 5.41) is 1.30. The zero-order valence-electron chi connectivity index (χ0n) is 13.6. The van der Waals surface area contributed by atoms with Gasteiger partial charge in [0, 0.05) is 28.8 Å². The molecule has 1 N–H and O–H groups in total. The average molecular weight is 317 g/mol. The van der Waals surface area contributed by atoms with Gasteiger partial charge >= 0.3 is 6.03 Å². The third-order valence-electron chi connectivity index (χ3n) is 5.43. The van der Waals surface area contributed by atoms with E-state index in [4.69, 9.17) is 0 Å². The molecule has 2 aromatic carbocycles. The number of aromatic nitrogens is 1. The van der Waals surface area contributed by atoms with Gasteiger partial charge in [-0.2, -0.15) is 0 Å². The Balaban J connectivity index is 1.57. The van der Waals surface area contributed by atoms with Gasteiger partial charge in [0.05, 0.1) is 12.1 Å². The van der Waals surface area contributed by atoms with Gasteiger partial charge in [0.2, 0.25) is 0 Å². The van der Waals surface area contributed by atoms with Gasteiger partial charge < -0.3 is 9.88 Å². The molecule has 4 heteroatoms. The summed E-state index contributed by atoms with van der Waals surface area (Å²) in [6.45, 7) is 2.89. The monoisotopic (exact) mass is 317 g/mol. The lowest BCUT2D eigenvalue weighted by Crippen LogP contribution is -2.41. The number of hydrogen-bond donors (Lipinski definition) is 1. The molecule has 0 bridgehead atoms. The third kappa shape index (κ3) is 1.77. The number of nitrogens with one attached hydrogen (secondary N) is 1. The number of carbonyl (C=O) groups excluding carboxylic acids is 1. The Bertz CT molecular complexity index is 930. The summed E-state index contributed by atoms with van der Waals surface area (Å²) < 4.78 is 0. The molecule has 5 rings (SSSR count). The maximum absolute atomic E-state index is 13.0. The lowest BCUT2D eigenvalue weighted by atomic mass is 9.93. The van der Waals surface area contributed by atoms with Gasteiger partial charge in [0.1, 0.15) is 0 Å². The smallest absolute Gasteiger partial charge is 0.325 e. The fourth-order valence-electron chi connectivity index (χ4n) is 4.31. The summed E-state index contributed by atoms with van der Waals surface area (Å²) in [7, 11) is 0. The number of para-hydroxylation sites is 2. The highest BCUT2D eigenvalue weighted by Crippen LogP contribution is 2.40. The van der Waals surface area contributed by atoms with Crippen LogP contribution in [0.2, 0.25) is 0 Å². The number of rotatable bonds is 1. The maximum Gasteiger partial charge on any atom is 0.325 e. The molecule has 120 valence electrons. The summed E-state index contributed by atoms with van der Waals surface area (Å²) in [6.07, 6.45) is 0.915. The lowest BCUT2D eigenvalue weighted by Gasteiger charge is -2.34. The Morgan fingerprint density at radius 3 is 2.62 bits per heavy atom. The van der Waals surface area contributed by atoms with E-state index in [0.717, 1.165) is 18.7 Å². The molecule has 2 aliphatic heterocycles. The first-order valence-electron chi connectivity index (χ1n) is 8.48. The van der Waals surface area contributed by atoms with Crippen LogP contribution in [0.3, 0.4) is 0 Å². The Morgan fingerprint density at radius 1 is 1.04 bits per heavy atom. The van der Waals surface area contributed by atoms with E-state index >= 15 is 0 Å². The number of H-pyrrole nitrogens is 1. The zero-order chi connectivity index (χ0) is 16.3. The third-order valence-corrected chi connectivity index (χ3v) is 5.43. The van der Waals surface area contributed by atoms with Gasteiger partial charge in [0.25, 0.3) is 0 Å². The zero-order valence-corrected chi connectivity index (χ0v) is 13.6. The summed E-state index contributed by atoms with van der Waals surface area (Å²) in [6, 6.07) is 18.8. The second kappa shape index (κ2) is 4.87. The first-order chi connectivity index (χ1) is 11.7. The standard InChI is InChI=1S/C20H19N3O/c1-13-19-17(16-9-5-6-10-18(16)21-19)11-15-12-22(20(24)23(13)15)14-7-3-2-4-8-14/h2-10,13,15,21H,11-12H2,1H3. The average Bonchev–Trinajstić information content (AvgIpc) is 3.15. The van der Waals surface area contributed by atoms with Gasteiger partial charge in [-0.25, -0.2) is 4.79 Å². The fourth-order valence-corrected chi connectivity index (χ4v) is 4.31. The van der Waals surface area contributed by atoms with Crippen molar-refractivity contribution in [3.63, 3.8) is 0 Å². The Morgan fingerprint density at radius 2 is 1.79 bits per heavy atom. The van der Waals surface area contributed by atoms with Crippen molar-refractivity contribution in [3.8, 4) is 0 Å². The molecule has 0 saturated carbocycles. The maximum atomic E-state index is 13.0. The minimum atomic E-state index is 0.0763. The number of nitrogens with zero attached hydrogens (tertiary/aromatic N) is 2. The predicted molar refractivity (Wildman–Crippen MR) is 95.2 cm³/mol. The molecule has 24 heavy (non-hydrogen) atoms.